The molecule has 3 rings (SSSR count). The average molecular weight is 369 g/mol. The molecule has 0 radical (unpaired) electrons. The molecule has 0 atom stereocenters. The molecular formula is C19H36N4OS. The lowest BCUT2D eigenvalue weighted by Crippen LogP contribution is -2.59. The minimum Gasteiger partial charge on any atom is -0.381 e. The van der Waals surface area contributed by atoms with Gasteiger partial charge in [-0.2, -0.15) is 11.8 Å². The standard InChI is InChI=1S/C19H36N4OS/c1-20-17(21-15-18(22(2)3)9-12-24-13-10-18)23-11-14-25-19(16-23)7-5-4-6-8-19/h4-16H2,1-3H3,(H,20,21). The maximum Gasteiger partial charge on any atom is 0.193 e. The van der Waals surface area contributed by atoms with Crippen LogP contribution in [-0.4, -0.2) is 85.8 Å². The topological polar surface area (TPSA) is 40.1 Å². The number of ether oxygens (including phenoxy) is 1. The third-order valence-corrected chi connectivity index (χ3v) is 8.01. The number of hydrogen-bond acceptors (Lipinski definition) is 4. The molecule has 144 valence electrons. The molecular weight excluding hydrogens is 332 g/mol. The van der Waals surface area contributed by atoms with Crippen molar-refractivity contribution in [2.75, 3.05) is 59.7 Å². The molecule has 3 aliphatic rings. The highest BCUT2D eigenvalue weighted by Crippen LogP contribution is 2.42. The Kier molecular flexibility index (Phi) is 6.55. The van der Waals surface area contributed by atoms with E-state index >= 15 is 0 Å². The van der Waals surface area contributed by atoms with Crippen molar-refractivity contribution in [1.82, 2.24) is 15.1 Å². The lowest BCUT2D eigenvalue weighted by atomic mass is 9.87. The van der Waals surface area contributed by atoms with Gasteiger partial charge in [0, 0.05) is 55.9 Å². The lowest BCUT2D eigenvalue weighted by Gasteiger charge is -2.47. The summed E-state index contributed by atoms with van der Waals surface area (Å²) in [6, 6.07) is 0. The van der Waals surface area contributed by atoms with Gasteiger partial charge >= 0.3 is 0 Å². The summed E-state index contributed by atoms with van der Waals surface area (Å²) >= 11 is 2.22. The van der Waals surface area contributed by atoms with Gasteiger partial charge in [0.05, 0.1) is 0 Å². The molecule has 1 N–H and O–H groups in total. The summed E-state index contributed by atoms with van der Waals surface area (Å²) in [5, 5.41) is 3.72. The van der Waals surface area contributed by atoms with Crippen LogP contribution in [0.5, 0.6) is 0 Å². The van der Waals surface area contributed by atoms with Gasteiger partial charge in [0.2, 0.25) is 0 Å². The van der Waals surface area contributed by atoms with Gasteiger partial charge in [-0.05, 0) is 39.8 Å². The van der Waals surface area contributed by atoms with Crippen molar-refractivity contribution in [3.8, 4) is 0 Å². The Morgan fingerprint density at radius 3 is 2.52 bits per heavy atom. The van der Waals surface area contributed by atoms with Gasteiger partial charge in [-0.15, -0.1) is 0 Å². The van der Waals surface area contributed by atoms with E-state index in [2.05, 4.69) is 46.0 Å². The summed E-state index contributed by atoms with van der Waals surface area (Å²) < 4.78 is 6.08. The summed E-state index contributed by atoms with van der Waals surface area (Å²) in [4.78, 5) is 9.53. The SMILES string of the molecule is CN=C(NCC1(N(C)C)CCOCC1)N1CCSC2(CCCCC2)C1. The molecule has 2 heterocycles. The van der Waals surface area contributed by atoms with Crippen LogP contribution in [0.3, 0.4) is 0 Å². The molecule has 0 unspecified atom stereocenters. The van der Waals surface area contributed by atoms with Crippen LogP contribution in [0.25, 0.3) is 0 Å². The number of thioether (sulfide) groups is 1. The molecule has 2 aliphatic heterocycles. The van der Waals surface area contributed by atoms with Crippen molar-refractivity contribution in [3.05, 3.63) is 0 Å². The summed E-state index contributed by atoms with van der Waals surface area (Å²) in [5.41, 5.74) is 0.182. The fourth-order valence-corrected chi connectivity index (χ4v) is 6.20. The summed E-state index contributed by atoms with van der Waals surface area (Å²) in [6.45, 7) is 4.95. The van der Waals surface area contributed by atoms with Crippen molar-refractivity contribution < 1.29 is 4.74 Å². The number of guanidine groups is 1. The van der Waals surface area contributed by atoms with Gasteiger partial charge < -0.3 is 19.9 Å². The minimum absolute atomic E-state index is 0.182. The lowest BCUT2D eigenvalue weighted by molar-refractivity contribution is -0.00527. The van der Waals surface area contributed by atoms with Crippen LogP contribution in [0.1, 0.15) is 44.9 Å². The van der Waals surface area contributed by atoms with Gasteiger partial charge in [0.15, 0.2) is 5.96 Å². The minimum atomic E-state index is 0.182. The zero-order valence-electron chi connectivity index (χ0n) is 16.4. The van der Waals surface area contributed by atoms with E-state index in [-0.39, 0.29) is 5.54 Å². The van der Waals surface area contributed by atoms with Crippen molar-refractivity contribution in [3.63, 3.8) is 0 Å². The fourth-order valence-electron chi connectivity index (χ4n) is 4.63. The number of nitrogens with zero attached hydrogens (tertiary/aromatic N) is 3. The molecule has 5 nitrogen and oxygen atoms in total. The van der Waals surface area contributed by atoms with Crippen LogP contribution in [-0.2, 0) is 4.74 Å². The Balaban J connectivity index is 1.62. The second-order valence-electron chi connectivity index (χ2n) is 8.15. The first-order valence-corrected chi connectivity index (χ1v) is 10.9. The van der Waals surface area contributed by atoms with Crippen LogP contribution in [0, 0.1) is 0 Å². The van der Waals surface area contributed by atoms with E-state index in [9.17, 15) is 0 Å². The first-order chi connectivity index (χ1) is 12.1. The highest BCUT2D eigenvalue weighted by Gasteiger charge is 2.39. The molecule has 25 heavy (non-hydrogen) atoms. The number of rotatable bonds is 3. The molecule has 0 aromatic heterocycles. The van der Waals surface area contributed by atoms with Crippen LogP contribution >= 0.6 is 11.8 Å². The highest BCUT2D eigenvalue weighted by atomic mass is 32.2. The maximum absolute atomic E-state index is 5.60. The van der Waals surface area contributed by atoms with Crippen LogP contribution in [0.15, 0.2) is 4.99 Å². The van der Waals surface area contributed by atoms with E-state index < -0.39 is 0 Å². The third-order valence-electron chi connectivity index (χ3n) is 6.47. The van der Waals surface area contributed by atoms with Crippen LogP contribution in [0.4, 0.5) is 0 Å². The van der Waals surface area contributed by atoms with E-state index in [0.717, 1.165) is 51.6 Å². The molecule has 1 saturated carbocycles. The second kappa shape index (κ2) is 8.49. The first kappa shape index (κ1) is 19.3. The van der Waals surface area contributed by atoms with Crippen LogP contribution < -0.4 is 5.32 Å². The van der Waals surface area contributed by atoms with Gasteiger partial charge in [0.1, 0.15) is 0 Å². The van der Waals surface area contributed by atoms with Crippen molar-refractivity contribution in [2.45, 2.75) is 55.2 Å². The van der Waals surface area contributed by atoms with E-state index in [0.29, 0.717) is 4.75 Å². The van der Waals surface area contributed by atoms with Gasteiger partial charge in [0.25, 0.3) is 0 Å². The largest absolute Gasteiger partial charge is 0.381 e. The number of likely N-dealkylation sites (N-methyl/N-ethyl adjacent to an activating group) is 1. The highest BCUT2D eigenvalue weighted by molar-refractivity contribution is 8.00. The van der Waals surface area contributed by atoms with E-state index in [1.54, 1.807) is 0 Å². The molecule has 3 fully saturated rings. The Morgan fingerprint density at radius 2 is 1.88 bits per heavy atom. The summed E-state index contributed by atoms with van der Waals surface area (Å²) in [7, 11) is 6.33. The Bertz CT molecular complexity index is 451. The predicted octanol–water partition coefficient (Wildman–Crippen LogP) is 2.42. The molecule has 1 aliphatic carbocycles. The molecule has 1 spiro atoms. The summed E-state index contributed by atoms with van der Waals surface area (Å²) in [5.74, 6) is 2.32. The zero-order chi connectivity index (χ0) is 17.8. The molecule has 0 aromatic carbocycles. The van der Waals surface area contributed by atoms with Crippen molar-refractivity contribution >= 4 is 17.7 Å². The monoisotopic (exact) mass is 368 g/mol. The van der Waals surface area contributed by atoms with Crippen molar-refractivity contribution in [1.29, 1.82) is 0 Å². The van der Waals surface area contributed by atoms with E-state index in [1.165, 1.54) is 37.9 Å². The Morgan fingerprint density at radius 1 is 1.16 bits per heavy atom. The smallest absolute Gasteiger partial charge is 0.193 e. The number of aliphatic imine (C=N–C) groups is 1. The second-order valence-corrected chi connectivity index (χ2v) is 9.71. The zero-order valence-corrected chi connectivity index (χ0v) is 17.2. The Labute approximate surface area is 157 Å². The normalized spacial score (nSPS) is 26.9. The quantitative estimate of drug-likeness (QED) is 0.612. The van der Waals surface area contributed by atoms with E-state index in [4.69, 9.17) is 4.74 Å². The summed E-state index contributed by atoms with van der Waals surface area (Å²) in [6.07, 6.45) is 9.15. The molecule has 0 amide bonds. The first-order valence-electron chi connectivity index (χ1n) is 9.94. The fraction of sp³-hybridized carbons (Fsp3) is 0.947. The predicted molar refractivity (Wildman–Crippen MR) is 108 cm³/mol. The number of hydrogen-bond donors (Lipinski definition) is 1. The van der Waals surface area contributed by atoms with Crippen molar-refractivity contribution in [2.24, 2.45) is 4.99 Å². The molecule has 2 saturated heterocycles. The maximum atomic E-state index is 5.60. The van der Waals surface area contributed by atoms with E-state index in [1.807, 2.05) is 7.05 Å². The molecule has 6 heteroatoms. The molecule has 0 aromatic rings. The van der Waals surface area contributed by atoms with Gasteiger partial charge in [-0.1, -0.05) is 19.3 Å². The molecule has 0 bridgehead atoms. The Hall–Kier alpha value is -0.460. The number of nitrogens with one attached hydrogen (secondary N) is 1. The van der Waals surface area contributed by atoms with Crippen LogP contribution in [0.2, 0.25) is 0 Å². The third kappa shape index (κ3) is 4.45. The van der Waals surface area contributed by atoms with Gasteiger partial charge in [-0.25, -0.2) is 0 Å². The van der Waals surface area contributed by atoms with Gasteiger partial charge in [-0.3, -0.25) is 4.99 Å². The average Bonchev–Trinajstić information content (AvgIpc) is 2.64.